The van der Waals surface area contributed by atoms with Gasteiger partial charge in [0, 0.05) is 6.54 Å². The minimum atomic E-state index is -0.830. The molecular weight excluding hydrogens is 308 g/mol. The summed E-state index contributed by atoms with van der Waals surface area (Å²) in [5.74, 6) is -0.302. The summed E-state index contributed by atoms with van der Waals surface area (Å²) >= 11 is 0. The molecule has 0 spiro atoms. The number of ether oxygens (including phenoxy) is 2. The molecule has 0 saturated heterocycles. The molecule has 2 amide bonds. The molecule has 0 unspecified atom stereocenters. The lowest BCUT2D eigenvalue weighted by Crippen LogP contribution is -2.54. The molecule has 0 aliphatic heterocycles. The van der Waals surface area contributed by atoms with E-state index in [-0.39, 0.29) is 5.91 Å². The third kappa shape index (κ3) is 7.46. The monoisotopic (exact) mass is 336 g/mol. The lowest BCUT2D eigenvalue weighted by molar-refractivity contribution is -0.127. The number of likely N-dealkylation sites (N-methyl/N-ethyl adjacent to an activating group) is 1. The predicted molar refractivity (Wildman–Crippen MR) is 92.5 cm³/mol. The van der Waals surface area contributed by atoms with Crippen LogP contribution >= 0.6 is 0 Å². The third-order valence-corrected chi connectivity index (χ3v) is 3.13. The highest BCUT2D eigenvalue weighted by Gasteiger charge is 2.29. The second-order valence-electron chi connectivity index (χ2n) is 6.52. The van der Waals surface area contributed by atoms with Crippen LogP contribution < -0.4 is 10.6 Å². The molecule has 0 aromatic heterocycles. The highest BCUT2D eigenvalue weighted by Crippen LogP contribution is 2.10. The van der Waals surface area contributed by atoms with E-state index in [1.54, 1.807) is 27.7 Å². The lowest BCUT2D eigenvalue weighted by atomic mass is 10.1. The number of hydrogen-bond acceptors (Lipinski definition) is 4. The van der Waals surface area contributed by atoms with Gasteiger partial charge in [-0.05, 0) is 40.2 Å². The van der Waals surface area contributed by atoms with Crippen molar-refractivity contribution in [2.24, 2.45) is 0 Å². The van der Waals surface area contributed by atoms with E-state index in [4.69, 9.17) is 9.47 Å². The highest BCUT2D eigenvalue weighted by atomic mass is 16.6. The maximum Gasteiger partial charge on any atom is 0.408 e. The van der Waals surface area contributed by atoms with Gasteiger partial charge in [-0.15, -0.1) is 0 Å². The van der Waals surface area contributed by atoms with Gasteiger partial charge >= 0.3 is 6.09 Å². The molecule has 0 fully saturated rings. The molecule has 1 aromatic carbocycles. The molecule has 2 atom stereocenters. The first-order chi connectivity index (χ1) is 11.2. The molecule has 0 aliphatic rings. The molecule has 1 aromatic rings. The predicted octanol–water partition coefficient (Wildman–Crippen LogP) is 2.62. The minimum absolute atomic E-state index is 0.302. The lowest BCUT2D eigenvalue weighted by Gasteiger charge is -2.26. The van der Waals surface area contributed by atoms with Gasteiger partial charge in [0.05, 0.1) is 12.7 Å². The van der Waals surface area contributed by atoms with Crippen LogP contribution in [0.3, 0.4) is 0 Å². The number of hydrogen-bond donors (Lipinski definition) is 2. The van der Waals surface area contributed by atoms with Crippen molar-refractivity contribution >= 4 is 12.0 Å². The van der Waals surface area contributed by atoms with Crippen molar-refractivity contribution in [3.63, 3.8) is 0 Å². The molecular formula is C18H28N2O4. The Morgan fingerprint density at radius 3 is 2.33 bits per heavy atom. The highest BCUT2D eigenvalue weighted by molar-refractivity contribution is 5.86. The summed E-state index contributed by atoms with van der Waals surface area (Å²) in [6, 6.07) is 8.81. The van der Waals surface area contributed by atoms with Crippen LogP contribution in [0.15, 0.2) is 30.3 Å². The quantitative estimate of drug-likeness (QED) is 0.802. The van der Waals surface area contributed by atoms with Crippen LogP contribution in [-0.2, 0) is 20.9 Å². The van der Waals surface area contributed by atoms with E-state index < -0.39 is 23.8 Å². The Hall–Kier alpha value is -2.08. The normalized spacial score (nSPS) is 13.7. The number of carbonyl (C=O) groups is 2. The van der Waals surface area contributed by atoms with Gasteiger partial charge in [-0.3, -0.25) is 4.79 Å². The zero-order valence-corrected chi connectivity index (χ0v) is 15.1. The Bertz CT molecular complexity index is 526. The summed E-state index contributed by atoms with van der Waals surface area (Å²) in [7, 11) is 0. The number of alkyl carbamates (subject to hydrolysis) is 1. The Labute approximate surface area is 143 Å². The molecule has 134 valence electrons. The maximum absolute atomic E-state index is 12.2. The van der Waals surface area contributed by atoms with Gasteiger partial charge in [0.1, 0.15) is 11.6 Å². The van der Waals surface area contributed by atoms with E-state index >= 15 is 0 Å². The van der Waals surface area contributed by atoms with E-state index in [1.807, 2.05) is 37.3 Å². The minimum Gasteiger partial charge on any atom is -0.444 e. The van der Waals surface area contributed by atoms with Gasteiger partial charge < -0.3 is 20.1 Å². The fraction of sp³-hybridized carbons (Fsp3) is 0.556. The van der Waals surface area contributed by atoms with Crippen LogP contribution in [-0.4, -0.2) is 36.3 Å². The standard InChI is InChI=1S/C18H28N2O4/c1-6-19-16(21)15(20-17(22)24-18(3,4)5)13(2)23-12-14-10-8-7-9-11-14/h7-11,13,15H,6,12H2,1-5H3,(H,19,21)(H,20,22)/t13-,15-/m1/s1. The van der Waals surface area contributed by atoms with Crippen molar-refractivity contribution < 1.29 is 19.1 Å². The summed E-state index contributed by atoms with van der Waals surface area (Å²) in [5, 5.41) is 5.30. The van der Waals surface area contributed by atoms with E-state index in [1.165, 1.54) is 0 Å². The van der Waals surface area contributed by atoms with Gasteiger partial charge in [-0.2, -0.15) is 0 Å². The second kappa shape index (κ2) is 9.27. The summed E-state index contributed by atoms with van der Waals surface area (Å²) in [4.78, 5) is 24.2. The van der Waals surface area contributed by atoms with Crippen LogP contribution in [0, 0.1) is 0 Å². The molecule has 6 nitrogen and oxygen atoms in total. The summed E-state index contributed by atoms with van der Waals surface area (Å²) in [5.41, 5.74) is 0.362. The summed E-state index contributed by atoms with van der Waals surface area (Å²) in [6.45, 7) is 9.69. The average molecular weight is 336 g/mol. The number of benzene rings is 1. The van der Waals surface area contributed by atoms with E-state index in [9.17, 15) is 9.59 Å². The topological polar surface area (TPSA) is 76.7 Å². The zero-order chi connectivity index (χ0) is 18.2. The molecule has 24 heavy (non-hydrogen) atoms. The van der Waals surface area contributed by atoms with Crippen molar-refractivity contribution in [1.29, 1.82) is 0 Å². The second-order valence-corrected chi connectivity index (χ2v) is 6.52. The van der Waals surface area contributed by atoms with Crippen LogP contribution in [0.1, 0.15) is 40.2 Å². The fourth-order valence-electron chi connectivity index (χ4n) is 2.01. The van der Waals surface area contributed by atoms with E-state index in [2.05, 4.69) is 10.6 Å². The molecule has 0 saturated carbocycles. The summed E-state index contributed by atoms with van der Waals surface area (Å²) in [6.07, 6.45) is -1.15. The third-order valence-electron chi connectivity index (χ3n) is 3.13. The smallest absolute Gasteiger partial charge is 0.408 e. The first-order valence-electron chi connectivity index (χ1n) is 8.15. The van der Waals surface area contributed by atoms with Gasteiger partial charge in [0.25, 0.3) is 0 Å². The van der Waals surface area contributed by atoms with E-state index in [0.29, 0.717) is 13.2 Å². The Balaban J connectivity index is 2.69. The Morgan fingerprint density at radius 2 is 1.79 bits per heavy atom. The summed E-state index contributed by atoms with van der Waals surface area (Å²) < 4.78 is 11.0. The number of rotatable bonds is 7. The Kier molecular flexibility index (Phi) is 7.71. The fourth-order valence-corrected chi connectivity index (χ4v) is 2.01. The van der Waals surface area contributed by atoms with Crippen molar-refractivity contribution in [2.45, 2.75) is 59.0 Å². The van der Waals surface area contributed by atoms with Gasteiger partial charge in [-0.1, -0.05) is 30.3 Å². The van der Waals surface area contributed by atoms with Gasteiger partial charge in [0.15, 0.2) is 0 Å². The molecule has 6 heteroatoms. The molecule has 0 bridgehead atoms. The van der Waals surface area contributed by atoms with Crippen LogP contribution in [0.25, 0.3) is 0 Å². The first kappa shape index (κ1) is 20.0. The van der Waals surface area contributed by atoms with Crippen molar-refractivity contribution in [3.05, 3.63) is 35.9 Å². The Morgan fingerprint density at radius 1 is 1.17 bits per heavy atom. The zero-order valence-electron chi connectivity index (χ0n) is 15.1. The first-order valence-corrected chi connectivity index (χ1v) is 8.15. The number of amides is 2. The molecule has 0 aliphatic carbocycles. The van der Waals surface area contributed by atoms with Crippen LogP contribution in [0.5, 0.6) is 0 Å². The van der Waals surface area contributed by atoms with Gasteiger partial charge in [0.2, 0.25) is 5.91 Å². The molecule has 2 N–H and O–H groups in total. The maximum atomic E-state index is 12.2. The van der Waals surface area contributed by atoms with Crippen LogP contribution in [0.4, 0.5) is 4.79 Å². The molecule has 0 heterocycles. The number of carbonyl (C=O) groups excluding carboxylic acids is 2. The van der Waals surface area contributed by atoms with E-state index in [0.717, 1.165) is 5.56 Å². The largest absolute Gasteiger partial charge is 0.444 e. The van der Waals surface area contributed by atoms with Crippen molar-refractivity contribution in [1.82, 2.24) is 10.6 Å². The van der Waals surface area contributed by atoms with Gasteiger partial charge in [-0.25, -0.2) is 4.79 Å². The SMILES string of the molecule is CCNC(=O)[C@H](NC(=O)OC(C)(C)C)[C@@H](C)OCc1ccccc1. The molecule has 0 radical (unpaired) electrons. The number of nitrogens with one attached hydrogen (secondary N) is 2. The average Bonchev–Trinajstić information content (AvgIpc) is 2.50. The van der Waals surface area contributed by atoms with Crippen LogP contribution in [0.2, 0.25) is 0 Å². The van der Waals surface area contributed by atoms with Crippen molar-refractivity contribution in [3.8, 4) is 0 Å². The van der Waals surface area contributed by atoms with Crippen molar-refractivity contribution in [2.75, 3.05) is 6.54 Å². The molecule has 1 rings (SSSR count).